The van der Waals surface area contributed by atoms with Gasteiger partial charge in [0.15, 0.2) is 23.2 Å². The van der Waals surface area contributed by atoms with Gasteiger partial charge in [-0.1, -0.05) is 6.07 Å². The van der Waals surface area contributed by atoms with Gasteiger partial charge in [0.2, 0.25) is 0 Å². The highest BCUT2D eigenvalue weighted by molar-refractivity contribution is 5.89. The number of alkyl carbamates (subject to hydrolysis) is 1. The Bertz CT molecular complexity index is 1660. The first-order valence-corrected chi connectivity index (χ1v) is 16.8. The van der Waals surface area contributed by atoms with Crippen LogP contribution >= 0.6 is 0 Å². The van der Waals surface area contributed by atoms with Crippen molar-refractivity contribution < 1.29 is 23.9 Å². The first kappa shape index (κ1) is 31.6. The number of ether oxygens (including phenoxy) is 3. The molecule has 0 saturated carbocycles. The monoisotopic (exact) mass is 648 g/mol. The zero-order chi connectivity index (χ0) is 32.9. The number of benzene rings is 1. The third kappa shape index (κ3) is 5.97. The van der Waals surface area contributed by atoms with E-state index in [1.807, 2.05) is 43.3 Å². The van der Waals surface area contributed by atoms with Crippen molar-refractivity contribution in [2.24, 2.45) is 5.41 Å². The number of hydrogen-bond acceptors (Lipinski definition) is 11. The summed E-state index contributed by atoms with van der Waals surface area (Å²) in [6.07, 6.45) is 6.89. The molecule has 4 aliphatic rings. The minimum atomic E-state index is -0.578. The molecule has 0 bridgehead atoms. The van der Waals surface area contributed by atoms with E-state index < -0.39 is 11.7 Å². The summed E-state index contributed by atoms with van der Waals surface area (Å²) in [5.74, 6) is 1.40. The van der Waals surface area contributed by atoms with E-state index >= 15 is 0 Å². The third-order valence-electron chi connectivity index (χ3n) is 10.00. The highest BCUT2D eigenvalue weighted by Gasteiger charge is 2.50. The minimum absolute atomic E-state index is 0.116. The maximum Gasteiger partial charge on any atom is 0.407 e. The summed E-state index contributed by atoms with van der Waals surface area (Å²) in [5, 5.41) is 20.0. The molecule has 14 nitrogen and oxygen atoms in total. The number of nitrogens with one attached hydrogen (secondary N) is 1. The van der Waals surface area contributed by atoms with Crippen LogP contribution in [0.3, 0.4) is 0 Å². The number of nitrogens with zero attached hydrogens (tertiary/aromatic N) is 7. The van der Waals surface area contributed by atoms with Gasteiger partial charge in [0, 0.05) is 37.7 Å². The molecule has 7 rings (SSSR count). The molecule has 3 atom stereocenters. The fourth-order valence-electron chi connectivity index (χ4n) is 7.66. The molecule has 2 aromatic heterocycles. The van der Waals surface area contributed by atoms with E-state index in [0.717, 1.165) is 68.7 Å². The second kappa shape index (κ2) is 12.2. The lowest BCUT2D eigenvalue weighted by molar-refractivity contribution is -0.385. The van der Waals surface area contributed by atoms with Gasteiger partial charge in [-0.3, -0.25) is 10.1 Å². The highest BCUT2D eigenvalue weighted by atomic mass is 16.6. The number of carbonyl (C=O) groups excluding carboxylic acids is 1. The number of aromatic nitrogens is 4. The van der Waals surface area contributed by atoms with E-state index in [0.29, 0.717) is 43.2 Å². The Kier molecular flexibility index (Phi) is 8.19. The molecule has 3 fully saturated rings. The van der Waals surface area contributed by atoms with E-state index in [2.05, 4.69) is 10.2 Å². The van der Waals surface area contributed by atoms with E-state index in [4.69, 9.17) is 29.3 Å². The van der Waals surface area contributed by atoms with Gasteiger partial charge in [0.05, 0.1) is 41.1 Å². The largest absolute Gasteiger partial charge is 0.444 e. The van der Waals surface area contributed by atoms with Crippen molar-refractivity contribution in [3.8, 4) is 0 Å². The Labute approximate surface area is 273 Å². The standard InChI is InChI=1S/C33H44N8O6/c1-21-28(36-31(42)47-32(2,3)4)33(20-46-21)13-16-38(17-14-33)25-19-34-27-29(35-25)40(26-12-5-6-18-45-26)37-30(27)39-15-8-9-22-23(39)10-7-11-24(22)41(43)44/h7,10-11,19,21,26,28H,5-6,8-9,12-18,20H2,1-4H3,(H,36,42)/t21-,26?,28+/m0/s1. The van der Waals surface area contributed by atoms with Gasteiger partial charge in [0.25, 0.3) is 5.69 Å². The molecule has 3 aromatic rings. The van der Waals surface area contributed by atoms with Crippen molar-refractivity contribution in [2.45, 2.75) is 96.6 Å². The Hall–Kier alpha value is -4.04. The maximum absolute atomic E-state index is 12.7. The van der Waals surface area contributed by atoms with Gasteiger partial charge >= 0.3 is 6.09 Å². The number of nitro benzene ring substituents is 1. The molecule has 1 amide bonds. The van der Waals surface area contributed by atoms with E-state index in [1.165, 1.54) is 0 Å². The number of piperidine rings is 1. The zero-order valence-electron chi connectivity index (χ0n) is 27.6. The number of carbonyl (C=O) groups is 1. The molecule has 252 valence electrons. The van der Waals surface area contributed by atoms with Crippen molar-refractivity contribution in [3.05, 3.63) is 40.1 Å². The van der Waals surface area contributed by atoms with Crippen LogP contribution in [0.5, 0.6) is 0 Å². The summed E-state index contributed by atoms with van der Waals surface area (Å²) in [6, 6.07) is 5.07. The van der Waals surface area contributed by atoms with Crippen LogP contribution < -0.4 is 15.1 Å². The lowest BCUT2D eigenvalue weighted by Gasteiger charge is -2.42. The molecular formula is C33H44N8O6. The third-order valence-corrected chi connectivity index (χ3v) is 10.00. The minimum Gasteiger partial charge on any atom is -0.444 e. The molecule has 3 saturated heterocycles. The quantitative estimate of drug-likeness (QED) is 0.279. The summed E-state index contributed by atoms with van der Waals surface area (Å²) in [5.41, 5.74) is 2.16. The normalized spacial score (nSPS) is 24.4. The molecule has 1 unspecified atom stereocenters. The lowest BCUT2D eigenvalue weighted by Crippen LogP contribution is -2.55. The zero-order valence-corrected chi connectivity index (χ0v) is 27.6. The number of hydrogen-bond donors (Lipinski definition) is 1. The van der Waals surface area contributed by atoms with E-state index in [1.54, 1.807) is 18.3 Å². The predicted octanol–water partition coefficient (Wildman–Crippen LogP) is 5.42. The molecule has 1 N–H and O–H groups in total. The Morgan fingerprint density at radius 1 is 1.15 bits per heavy atom. The lowest BCUT2D eigenvalue weighted by atomic mass is 9.73. The number of nitro groups is 1. The van der Waals surface area contributed by atoms with Crippen LogP contribution in [0, 0.1) is 15.5 Å². The molecule has 6 heterocycles. The van der Waals surface area contributed by atoms with Crippen molar-refractivity contribution >= 4 is 40.3 Å². The van der Waals surface area contributed by atoms with E-state index in [-0.39, 0.29) is 34.4 Å². The average Bonchev–Trinajstić information content (AvgIpc) is 3.57. The summed E-state index contributed by atoms with van der Waals surface area (Å²) in [4.78, 5) is 38.6. The summed E-state index contributed by atoms with van der Waals surface area (Å²) >= 11 is 0. The van der Waals surface area contributed by atoms with Gasteiger partial charge < -0.3 is 29.3 Å². The van der Waals surface area contributed by atoms with Crippen molar-refractivity contribution in [2.75, 3.05) is 42.6 Å². The van der Waals surface area contributed by atoms with E-state index in [9.17, 15) is 14.9 Å². The fraction of sp³-hybridized carbons (Fsp3) is 0.636. The predicted molar refractivity (Wildman–Crippen MR) is 175 cm³/mol. The second-order valence-electron chi connectivity index (χ2n) is 14.3. The fourth-order valence-corrected chi connectivity index (χ4v) is 7.66. The van der Waals surface area contributed by atoms with Crippen molar-refractivity contribution in [1.29, 1.82) is 0 Å². The van der Waals surface area contributed by atoms with Gasteiger partial charge in [-0.05, 0) is 78.7 Å². The van der Waals surface area contributed by atoms with Crippen LogP contribution in [0.2, 0.25) is 0 Å². The number of rotatable bonds is 5. The topological polar surface area (TPSA) is 150 Å². The molecule has 1 spiro atoms. The van der Waals surface area contributed by atoms with Gasteiger partial charge in [-0.2, -0.15) is 0 Å². The number of anilines is 3. The van der Waals surface area contributed by atoms with Crippen LogP contribution in [0.25, 0.3) is 11.2 Å². The van der Waals surface area contributed by atoms with Crippen LogP contribution in [0.15, 0.2) is 24.4 Å². The van der Waals surface area contributed by atoms with Crippen molar-refractivity contribution in [3.63, 3.8) is 0 Å². The molecule has 4 aliphatic heterocycles. The molecule has 0 radical (unpaired) electrons. The van der Waals surface area contributed by atoms with Crippen molar-refractivity contribution in [1.82, 2.24) is 25.1 Å². The molecule has 47 heavy (non-hydrogen) atoms. The Morgan fingerprint density at radius 2 is 1.96 bits per heavy atom. The van der Waals surface area contributed by atoms with Crippen LogP contribution in [-0.4, -0.2) is 81.4 Å². The summed E-state index contributed by atoms with van der Waals surface area (Å²) in [7, 11) is 0. The average molecular weight is 649 g/mol. The van der Waals surface area contributed by atoms with Crippen LogP contribution in [0.4, 0.5) is 27.8 Å². The highest BCUT2D eigenvalue weighted by Crippen LogP contribution is 2.44. The first-order chi connectivity index (χ1) is 22.5. The van der Waals surface area contributed by atoms with Gasteiger partial charge in [-0.25, -0.2) is 19.4 Å². The number of amides is 1. The first-order valence-electron chi connectivity index (χ1n) is 16.8. The van der Waals surface area contributed by atoms with Crippen LogP contribution in [0.1, 0.15) is 78.0 Å². The maximum atomic E-state index is 12.7. The van der Waals surface area contributed by atoms with Gasteiger partial charge in [0.1, 0.15) is 11.4 Å². The summed E-state index contributed by atoms with van der Waals surface area (Å²) in [6.45, 7) is 11.0. The SMILES string of the molecule is C[C@@H]1OCC2(CCN(c3cnc4c(N5CCCc6c5cccc6[N+](=O)[O-])nn(C5CCCCO5)c4n3)CC2)[C@@H]1NC(=O)OC(C)(C)C. The molecule has 0 aliphatic carbocycles. The molecule has 1 aromatic carbocycles. The molecular weight excluding hydrogens is 604 g/mol. The molecule has 14 heteroatoms. The summed E-state index contributed by atoms with van der Waals surface area (Å²) < 4.78 is 19.7. The smallest absolute Gasteiger partial charge is 0.407 e. The number of fused-ring (bicyclic) bond motifs is 2. The van der Waals surface area contributed by atoms with Gasteiger partial charge in [-0.15, -0.1) is 5.10 Å². The Morgan fingerprint density at radius 3 is 2.68 bits per heavy atom. The Balaban J connectivity index is 1.18. The second-order valence-corrected chi connectivity index (χ2v) is 14.3. The van der Waals surface area contributed by atoms with Crippen LogP contribution in [-0.2, 0) is 20.6 Å².